The lowest BCUT2D eigenvalue weighted by Gasteiger charge is -2.18. The Morgan fingerprint density at radius 2 is 2.12 bits per heavy atom. The molecule has 2 aromatic rings. The van der Waals surface area contributed by atoms with Crippen LogP contribution in [-0.2, 0) is 17.4 Å². The number of benzene rings is 1. The summed E-state index contributed by atoms with van der Waals surface area (Å²) in [4.78, 5) is 18.0. The van der Waals surface area contributed by atoms with Crippen LogP contribution in [0.15, 0.2) is 42.6 Å². The van der Waals surface area contributed by atoms with Crippen LogP contribution in [0.1, 0.15) is 23.1 Å². The Morgan fingerprint density at radius 3 is 2.77 bits per heavy atom. The van der Waals surface area contributed by atoms with E-state index in [0.717, 1.165) is 29.8 Å². The number of nitrogens with zero attached hydrogens (tertiary/aromatic N) is 2. The molecule has 0 spiro atoms. The summed E-state index contributed by atoms with van der Waals surface area (Å²) >= 11 is 0. The highest BCUT2D eigenvalue weighted by molar-refractivity contribution is 5.79. The van der Waals surface area contributed by atoms with Gasteiger partial charge in [-0.2, -0.15) is 13.2 Å². The van der Waals surface area contributed by atoms with Crippen molar-refractivity contribution in [2.45, 2.75) is 32.0 Å². The van der Waals surface area contributed by atoms with E-state index in [2.05, 4.69) is 10.3 Å². The summed E-state index contributed by atoms with van der Waals surface area (Å²) in [6, 6.07) is 10.2. The first-order valence-corrected chi connectivity index (χ1v) is 8.44. The van der Waals surface area contributed by atoms with E-state index in [-0.39, 0.29) is 11.9 Å². The SMILES string of the molecule is Cc1cccc(CC(=O)N[C@@H]2CCN(c3ccc(C(F)(F)F)cn3)C2)c1. The summed E-state index contributed by atoms with van der Waals surface area (Å²) in [5.74, 6) is 0.441. The van der Waals surface area contributed by atoms with E-state index in [4.69, 9.17) is 0 Å². The van der Waals surface area contributed by atoms with Gasteiger partial charge >= 0.3 is 6.18 Å². The molecule has 1 aliphatic rings. The molecule has 3 rings (SSSR count). The molecule has 1 atom stereocenters. The first-order chi connectivity index (χ1) is 12.3. The fourth-order valence-corrected chi connectivity index (χ4v) is 3.11. The molecule has 1 aromatic carbocycles. The maximum atomic E-state index is 12.6. The highest BCUT2D eigenvalue weighted by Gasteiger charge is 2.31. The summed E-state index contributed by atoms with van der Waals surface area (Å²) in [5.41, 5.74) is 1.31. The third kappa shape index (κ3) is 4.53. The van der Waals surface area contributed by atoms with Gasteiger partial charge in [-0.05, 0) is 31.0 Å². The maximum absolute atomic E-state index is 12.6. The van der Waals surface area contributed by atoms with Crippen molar-refractivity contribution in [1.82, 2.24) is 10.3 Å². The number of anilines is 1. The number of pyridine rings is 1. The predicted octanol–water partition coefficient (Wildman–Crippen LogP) is 3.35. The second kappa shape index (κ2) is 7.35. The van der Waals surface area contributed by atoms with Crippen LogP contribution in [0, 0.1) is 6.92 Å². The maximum Gasteiger partial charge on any atom is 0.417 e. The fraction of sp³-hybridized carbons (Fsp3) is 0.368. The van der Waals surface area contributed by atoms with E-state index in [0.29, 0.717) is 25.3 Å². The van der Waals surface area contributed by atoms with Gasteiger partial charge in [0.1, 0.15) is 5.82 Å². The molecule has 0 aliphatic carbocycles. The monoisotopic (exact) mass is 363 g/mol. The van der Waals surface area contributed by atoms with E-state index in [9.17, 15) is 18.0 Å². The first-order valence-electron chi connectivity index (χ1n) is 8.44. The summed E-state index contributed by atoms with van der Waals surface area (Å²) in [7, 11) is 0. The minimum absolute atomic E-state index is 0.0311. The number of nitrogens with one attached hydrogen (secondary N) is 1. The van der Waals surface area contributed by atoms with Crippen molar-refractivity contribution in [1.29, 1.82) is 0 Å². The molecule has 138 valence electrons. The highest BCUT2D eigenvalue weighted by Crippen LogP contribution is 2.29. The average Bonchev–Trinajstić information content (AvgIpc) is 3.02. The molecule has 1 fully saturated rings. The minimum atomic E-state index is -4.39. The van der Waals surface area contributed by atoms with E-state index in [1.807, 2.05) is 36.1 Å². The van der Waals surface area contributed by atoms with Crippen molar-refractivity contribution in [2.24, 2.45) is 0 Å². The van der Waals surface area contributed by atoms with Crippen molar-refractivity contribution in [3.63, 3.8) is 0 Å². The number of carbonyl (C=O) groups is 1. The van der Waals surface area contributed by atoms with Gasteiger partial charge in [-0.25, -0.2) is 4.98 Å². The summed E-state index contributed by atoms with van der Waals surface area (Å²) in [5, 5.41) is 2.99. The van der Waals surface area contributed by atoms with Gasteiger partial charge < -0.3 is 10.2 Å². The van der Waals surface area contributed by atoms with Gasteiger partial charge in [-0.1, -0.05) is 29.8 Å². The van der Waals surface area contributed by atoms with Crippen LogP contribution in [0.2, 0.25) is 0 Å². The normalized spacial score (nSPS) is 17.4. The molecule has 26 heavy (non-hydrogen) atoms. The van der Waals surface area contributed by atoms with Crippen LogP contribution in [0.5, 0.6) is 0 Å². The van der Waals surface area contributed by atoms with Crippen molar-refractivity contribution >= 4 is 11.7 Å². The Morgan fingerprint density at radius 1 is 1.31 bits per heavy atom. The molecule has 0 saturated carbocycles. The molecule has 0 bridgehead atoms. The van der Waals surface area contributed by atoms with Crippen molar-refractivity contribution in [2.75, 3.05) is 18.0 Å². The van der Waals surface area contributed by atoms with Crippen LogP contribution in [-0.4, -0.2) is 30.0 Å². The molecule has 1 N–H and O–H groups in total. The van der Waals surface area contributed by atoms with E-state index in [1.54, 1.807) is 0 Å². The number of aromatic nitrogens is 1. The number of amides is 1. The quantitative estimate of drug-likeness (QED) is 0.906. The zero-order valence-corrected chi connectivity index (χ0v) is 14.4. The second-order valence-corrected chi connectivity index (χ2v) is 6.57. The van der Waals surface area contributed by atoms with Gasteiger partial charge in [0, 0.05) is 25.3 Å². The van der Waals surface area contributed by atoms with Crippen molar-refractivity contribution < 1.29 is 18.0 Å². The molecule has 1 amide bonds. The number of rotatable bonds is 4. The lowest BCUT2D eigenvalue weighted by Crippen LogP contribution is -2.38. The van der Waals surface area contributed by atoms with Gasteiger partial charge in [0.05, 0.1) is 12.0 Å². The molecule has 0 unspecified atom stereocenters. The lowest BCUT2D eigenvalue weighted by atomic mass is 10.1. The van der Waals surface area contributed by atoms with Crippen LogP contribution in [0.25, 0.3) is 0 Å². The van der Waals surface area contributed by atoms with Crippen LogP contribution in [0.3, 0.4) is 0 Å². The van der Waals surface area contributed by atoms with Gasteiger partial charge in [0.15, 0.2) is 0 Å². The van der Waals surface area contributed by atoms with E-state index < -0.39 is 11.7 Å². The van der Waals surface area contributed by atoms with E-state index >= 15 is 0 Å². The molecule has 0 radical (unpaired) electrons. The van der Waals surface area contributed by atoms with E-state index in [1.165, 1.54) is 6.07 Å². The molecular formula is C19H20F3N3O. The summed E-state index contributed by atoms with van der Waals surface area (Å²) < 4.78 is 37.8. The minimum Gasteiger partial charge on any atom is -0.354 e. The number of hydrogen-bond donors (Lipinski definition) is 1. The third-order valence-corrected chi connectivity index (χ3v) is 4.40. The van der Waals surface area contributed by atoms with Crippen molar-refractivity contribution in [3.05, 3.63) is 59.3 Å². The number of aryl methyl sites for hydroxylation is 1. The van der Waals surface area contributed by atoms with Crippen LogP contribution in [0.4, 0.5) is 19.0 Å². The molecule has 7 heteroatoms. The van der Waals surface area contributed by atoms with Gasteiger partial charge in [-0.15, -0.1) is 0 Å². The topological polar surface area (TPSA) is 45.2 Å². The van der Waals surface area contributed by atoms with Gasteiger partial charge in [0.2, 0.25) is 5.91 Å². The Balaban J connectivity index is 1.54. The van der Waals surface area contributed by atoms with Crippen molar-refractivity contribution in [3.8, 4) is 0 Å². The third-order valence-electron chi connectivity index (χ3n) is 4.40. The first kappa shape index (κ1) is 18.2. The lowest BCUT2D eigenvalue weighted by molar-refractivity contribution is -0.137. The largest absolute Gasteiger partial charge is 0.417 e. The number of halogens is 3. The average molecular weight is 363 g/mol. The zero-order chi connectivity index (χ0) is 18.7. The Hall–Kier alpha value is -2.57. The highest BCUT2D eigenvalue weighted by atomic mass is 19.4. The van der Waals surface area contributed by atoms with Crippen LogP contribution >= 0.6 is 0 Å². The number of hydrogen-bond acceptors (Lipinski definition) is 3. The van der Waals surface area contributed by atoms with Crippen LogP contribution < -0.4 is 10.2 Å². The molecule has 1 aliphatic heterocycles. The molecule has 2 heterocycles. The second-order valence-electron chi connectivity index (χ2n) is 6.57. The van der Waals surface area contributed by atoms with Gasteiger partial charge in [-0.3, -0.25) is 4.79 Å². The number of alkyl halides is 3. The zero-order valence-electron chi connectivity index (χ0n) is 14.4. The Labute approximate surface area is 150 Å². The molecule has 1 aromatic heterocycles. The Kier molecular flexibility index (Phi) is 5.15. The Bertz CT molecular complexity index is 774. The van der Waals surface area contributed by atoms with Gasteiger partial charge in [0.25, 0.3) is 0 Å². The standard InChI is InChI=1S/C19H20F3N3O/c1-13-3-2-4-14(9-13)10-18(26)24-16-7-8-25(12-16)17-6-5-15(11-23-17)19(20,21)22/h2-6,9,11,16H,7-8,10,12H2,1H3,(H,24,26)/t16-/m1/s1. The number of carbonyl (C=O) groups excluding carboxylic acids is 1. The smallest absolute Gasteiger partial charge is 0.354 e. The molecule has 4 nitrogen and oxygen atoms in total. The molecule has 1 saturated heterocycles. The summed E-state index contributed by atoms with van der Waals surface area (Å²) in [6.07, 6.45) is -2.49. The fourth-order valence-electron chi connectivity index (χ4n) is 3.11. The molecular weight excluding hydrogens is 343 g/mol. The summed E-state index contributed by atoms with van der Waals surface area (Å²) in [6.45, 7) is 3.17. The predicted molar refractivity (Wildman–Crippen MR) is 92.9 cm³/mol.